The van der Waals surface area contributed by atoms with E-state index in [2.05, 4.69) is 5.32 Å². The van der Waals surface area contributed by atoms with Crippen LogP contribution in [0.5, 0.6) is 5.75 Å². The van der Waals surface area contributed by atoms with Crippen LogP contribution in [0.3, 0.4) is 0 Å². The van der Waals surface area contributed by atoms with Gasteiger partial charge >= 0.3 is 0 Å². The number of amides is 1. The van der Waals surface area contributed by atoms with Crippen molar-refractivity contribution in [2.75, 3.05) is 38.7 Å². The molecule has 168 valence electrons. The largest absolute Gasteiger partial charge is 0.489 e. The molecule has 0 bridgehead atoms. The fourth-order valence-electron chi connectivity index (χ4n) is 3.59. The van der Waals surface area contributed by atoms with Crippen LogP contribution in [0.1, 0.15) is 24.0 Å². The number of nitrogens with one attached hydrogen (secondary N) is 1. The SMILES string of the molecule is COCCOc1cc(C)ccc1NC(=O)C1CCN(S(=O)(=O)Cc2ccccc2)CC1. The Morgan fingerprint density at radius 3 is 2.48 bits per heavy atom. The van der Waals surface area contributed by atoms with Crippen molar-refractivity contribution < 1.29 is 22.7 Å². The molecule has 2 aromatic rings. The summed E-state index contributed by atoms with van der Waals surface area (Å²) in [5, 5.41) is 2.96. The van der Waals surface area contributed by atoms with Crippen molar-refractivity contribution in [1.29, 1.82) is 0 Å². The Hall–Kier alpha value is -2.42. The summed E-state index contributed by atoms with van der Waals surface area (Å²) in [5.41, 5.74) is 2.41. The summed E-state index contributed by atoms with van der Waals surface area (Å²) in [6.07, 6.45) is 0.983. The van der Waals surface area contributed by atoms with E-state index in [1.807, 2.05) is 55.5 Å². The van der Waals surface area contributed by atoms with E-state index in [-0.39, 0.29) is 17.6 Å². The molecule has 1 aliphatic heterocycles. The number of sulfonamides is 1. The Bertz CT molecular complexity index is 971. The van der Waals surface area contributed by atoms with Crippen molar-refractivity contribution in [3.8, 4) is 5.75 Å². The minimum Gasteiger partial charge on any atom is -0.489 e. The van der Waals surface area contributed by atoms with Crippen LogP contribution >= 0.6 is 0 Å². The first-order chi connectivity index (χ1) is 14.9. The molecule has 0 radical (unpaired) electrons. The Kier molecular flexibility index (Phi) is 8.06. The van der Waals surface area contributed by atoms with Gasteiger partial charge in [0.2, 0.25) is 15.9 Å². The summed E-state index contributed by atoms with van der Waals surface area (Å²) in [5.74, 6) is 0.237. The summed E-state index contributed by atoms with van der Waals surface area (Å²) in [4.78, 5) is 12.8. The summed E-state index contributed by atoms with van der Waals surface area (Å²) >= 11 is 0. The number of methoxy groups -OCH3 is 1. The molecular formula is C23H30N2O5S. The van der Waals surface area contributed by atoms with Gasteiger partial charge in [0.25, 0.3) is 0 Å². The molecular weight excluding hydrogens is 416 g/mol. The van der Waals surface area contributed by atoms with Crippen LogP contribution in [0.2, 0.25) is 0 Å². The standard InChI is InChI=1S/C23H30N2O5S/c1-18-8-9-21(22(16-18)30-15-14-29-2)24-23(26)20-10-12-25(13-11-20)31(27,28)17-19-6-4-3-5-7-19/h3-9,16,20H,10-15,17H2,1-2H3,(H,24,26). The first-order valence-electron chi connectivity index (χ1n) is 10.4. The molecule has 7 nitrogen and oxygen atoms in total. The molecule has 1 heterocycles. The molecule has 1 amide bonds. The van der Waals surface area contributed by atoms with E-state index >= 15 is 0 Å². The second kappa shape index (κ2) is 10.7. The molecule has 2 aromatic carbocycles. The van der Waals surface area contributed by atoms with Gasteiger partial charge in [-0.15, -0.1) is 0 Å². The molecule has 0 spiro atoms. The molecule has 0 atom stereocenters. The topological polar surface area (TPSA) is 84.9 Å². The average Bonchev–Trinajstić information content (AvgIpc) is 2.76. The zero-order valence-electron chi connectivity index (χ0n) is 18.0. The zero-order valence-corrected chi connectivity index (χ0v) is 18.9. The van der Waals surface area contributed by atoms with Crippen molar-refractivity contribution >= 4 is 21.6 Å². The summed E-state index contributed by atoms with van der Waals surface area (Å²) in [7, 11) is -1.79. The minimum absolute atomic E-state index is 0.0176. The zero-order chi connectivity index (χ0) is 22.3. The number of rotatable bonds is 9. The summed E-state index contributed by atoms with van der Waals surface area (Å²) in [6, 6.07) is 14.8. The van der Waals surface area contributed by atoms with Gasteiger partial charge in [0, 0.05) is 26.1 Å². The third kappa shape index (κ3) is 6.53. The lowest BCUT2D eigenvalue weighted by molar-refractivity contribution is -0.120. The molecule has 1 aliphatic rings. The van der Waals surface area contributed by atoms with Gasteiger partial charge in [0.1, 0.15) is 12.4 Å². The van der Waals surface area contributed by atoms with Crippen LogP contribution < -0.4 is 10.1 Å². The van der Waals surface area contributed by atoms with E-state index in [1.165, 1.54) is 4.31 Å². The second-order valence-corrected chi connectivity index (χ2v) is 9.71. The quantitative estimate of drug-likeness (QED) is 0.598. The molecule has 0 unspecified atom stereocenters. The van der Waals surface area contributed by atoms with Crippen molar-refractivity contribution in [2.24, 2.45) is 5.92 Å². The number of carbonyl (C=O) groups is 1. The molecule has 1 saturated heterocycles. The highest BCUT2D eigenvalue weighted by Gasteiger charge is 2.31. The summed E-state index contributed by atoms with van der Waals surface area (Å²) < 4.78 is 37.7. The molecule has 1 N–H and O–H groups in total. The van der Waals surface area contributed by atoms with Gasteiger partial charge in [0.05, 0.1) is 18.0 Å². The van der Waals surface area contributed by atoms with Crippen LogP contribution in [-0.4, -0.2) is 52.0 Å². The van der Waals surface area contributed by atoms with Gasteiger partial charge in [-0.05, 0) is 43.0 Å². The number of hydrogen-bond donors (Lipinski definition) is 1. The number of anilines is 1. The second-order valence-electron chi connectivity index (χ2n) is 7.75. The van der Waals surface area contributed by atoms with Crippen LogP contribution in [0.25, 0.3) is 0 Å². The maximum atomic E-state index is 12.8. The van der Waals surface area contributed by atoms with E-state index in [4.69, 9.17) is 9.47 Å². The number of benzene rings is 2. The van der Waals surface area contributed by atoms with Gasteiger partial charge in [-0.1, -0.05) is 36.4 Å². The number of piperidine rings is 1. The smallest absolute Gasteiger partial charge is 0.227 e. The predicted octanol–water partition coefficient (Wildman–Crippen LogP) is 3.20. The predicted molar refractivity (Wildman–Crippen MR) is 121 cm³/mol. The van der Waals surface area contributed by atoms with Gasteiger partial charge in [-0.3, -0.25) is 4.79 Å². The molecule has 0 aromatic heterocycles. The first kappa shape index (κ1) is 23.2. The Balaban J connectivity index is 1.57. The molecule has 8 heteroatoms. The third-order valence-electron chi connectivity index (χ3n) is 5.35. The maximum Gasteiger partial charge on any atom is 0.227 e. The summed E-state index contributed by atoms with van der Waals surface area (Å²) in [6.45, 7) is 3.49. The maximum absolute atomic E-state index is 12.8. The van der Waals surface area contributed by atoms with E-state index in [1.54, 1.807) is 7.11 Å². The van der Waals surface area contributed by atoms with Crippen molar-refractivity contribution in [1.82, 2.24) is 4.31 Å². The van der Waals surface area contributed by atoms with Crippen molar-refractivity contribution in [3.05, 3.63) is 59.7 Å². The molecule has 0 aliphatic carbocycles. The van der Waals surface area contributed by atoms with E-state index in [0.29, 0.717) is 50.6 Å². The van der Waals surface area contributed by atoms with Gasteiger partial charge < -0.3 is 14.8 Å². The number of hydrogen-bond acceptors (Lipinski definition) is 5. The van der Waals surface area contributed by atoms with Gasteiger partial charge in [-0.25, -0.2) is 12.7 Å². The van der Waals surface area contributed by atoms with E-state index < -0.39 is 10.0 Å². The Morgan fingerprint density at radius 2 is 1.81 bits per heavy atom. The number of aryl methyl sites for hydroxylation is 1. The lowest BCUT2D eigenvalue weighted by Crippen LogP contribution is -2.41. The molecule has 0 saturated carbocycles. The highest BCUT2D eigenvalue weighted by atomic mass is 32.2. The van der Waals surface area contributed by atoms with Crippen LogP contribution in [-0.2, 0) is 25.3 Å². The third-order valence-corrected chi connectivity index (χ3v) is 7.20. The normalized spacial score (nSPS) is 15.5. The van der Waals surface area contributed by atoms with Crippen LogP contribution in [0.15, 0.2) is 48.5 Å². The van der Waals surface area contributed by atoms with Gasteiger partial charge in [0.15, 0.2) is 0 Å². The highest BCUT2D eigenvalue weighted by molar-refractivity contribution is 7.88. The minimum atomic E-state index is -3.40. The highest BCUT2D eigenvalue weighted by Crippen LogP contribution is 2.28. The average molecular weight is 447 g/mol. The lowest BCUT2D eigenvalue weighted by Gasteiger charge is -2.30. The van der Waals surface area contributed by atoms with Crippen molar-refractivity contribution in [2.45, 2.75) is 25.5 Å². The number of nitrogens with zero attached hydrogens (tertiary/aromatic N) is 1. The lowest BCUT2D eigenvalue weighted by atomic mass is 9.97. The molecule has 3 rings (SSSR count). The van der Waals surface area contributed by atoms with E-state index in [9.17, 15) is 13.2 Å². The monoisotopic (exact) mass is 446 g/mol. The van der Waals surface area contributed by atoms with Crippen molar-refractivity contribution in [3.63, 3.8) is 0 Å². The van der Waals surface area contributed by atoms with E-state index in [0.717, 1.165) is 11.1 Å². The van der Waals surface area contributed by atoms with Crippen LogP contribution in [0.4, 0.5) is 5.69 Å². The number of carbonyl (C=O) groups excluding carboxylic acids is 1. The Morgan fingerprint density at radius 1 is 1.10 bits per heavy atom. The molecule has 31 heavy (non-hydrogen) atoms. The fraction of sp³-hybridized carbons (Fsp3) is 0.435. The number of ether oxygens (including phenoxy) is 2. The Labute approximate surface area is 184 Å². The van der Waals surface area contributed by atoms with Gasteiger partial charge in [-0.2, -0.15) is 0 Å². The van der Waals surface area contributed by atoms with Crippen LogP contribution in [0, 0.1) is 12.8 Å². The first-order valence-corrected chi connectivity index (χ1v) is 12.0. The fourth-order valence-corrected chi connectivity index (χ4v) is 5.16. The molecule has 1 fully saturated rings.